The fourth-order valence-corrected chi connectivity index (χ4v) is 9.15. The Labute approximate surface area is 369 Å². The molecule has 0 aliphatic rings. The molecular weight excluding hydrogens is 901 g/mol. The number of aromatic nitrogens is 2. The van der Waals surface area contributed by atoms with Crippen LogP contribution in [0.3, 0.4) is 0 Å². The number of nitriles is 1. The zero-order valence-corrected chi connectivity index (χ0v) is 36.2. The highest BCUT2D eigenvalue weighted by atomic mass is 32.2. The third-order valence-corrected chi connectivity index (χ3v) is 13.3. The van der Waals surface area contributed by atoms with E-state index in [9.17, 15) is 44.2 Å². The Morgan fingerprint density at radius 1 is 0.672 bits per heavy atom. The molecule has 0 aliphatic carbocycles. The van der Waals surface area contributed by atoms with E-state index in [4.69, 9.17) is 9.97 Å². The molecule has 0 amide bonds. The van der Waals surface area contributed by atoms with E-state index in [0.29, 0.717) is 38.8 Å². The second-order valence-electron chi connectivity index (χ2n) is 14.0. The first kappa shape index (κ1) is 43.5. The van der Waals surface area contributed by atoms with Gasteiger partial charge in [0.2, 0.25) is 5.13 Å². The van der Waals surface area contributed by atoms with Gasteiger partial charge >= 0.3 is 0 Å². The fraction of sp³-hybridized carbons (Fsp3) is 0.0465. The number of thiazole rings is 1. The average Bonchev–Trinajstić information content (AvgIpc) is 3.67. The van der Waals surface area contributed by atoms with Gasteiger partial charge in [-0.2, -0.15) is 30.5 Å². The molecular formula is C43H30N8O9S4. The number of anilines is 2. The molecule has 0 fully saturated rings. The summed E-state index contributed by atoms with van der Waals surface area (Å²) in [4.78, 5) is 8.47. The summed E-state index contributed by atoms with van der Waals surface area (Å²) in [5.41, 5.74) is 2.85. The molecule has 0 unspecified atom stereocenters. The van der Waals surface area contributed by atoms with Crippen LogP contribution in [-0.4, -0.2) is 48.9 Å². The average molecular weight is 931 g/mol. The highest BCUT2D eigenvalue weighted by Crippen LogP contribution is 2.43. The van der Waals surface area contributed by atoms with E-state index in [1.165, 1.54) is 54.6 Å². The lowest BCUT2D eigenvalue weighted by Crippen LogP contribution is -2.05. The largest absolute Gasteiger partial charge is 0.338 e. The molecule has 6 aromatic carbocycles. The Balaban J connectivity index is 1.23. The normalized spacial score (nSPS) is 12.4. The Bertz CT molecular complexity index is 3610. The molecule has 8 rings (SSSR count). The lowest BCUT2D eigenvalue weighted by molar-refractivity contribution is 0.481. The molecule has 21 heteroatoms. The predicted octanol–water partition coefficient (Wildman–Crippen LogP) is 10.6. The van der Waals surface area contributed by atoms with Crippen LogP contribution in [0.1, 0.15) is 22.4 Å². The van der Waals surface area contributed by atoms with Crippen LogP contribution < -0.4 is 5.32 Å². The summed E-state index contributed by atoms with van der Waals surface area (Å²) in [6, 6.07) is 35.5. The van der Waals surface area contributed by atoms with Gasteiger partial charge in [0.05, 0.1) is 26.7 Å². The number of nitrogens with zero attached hydrogens (tertiary/aromatic N) is 7. The smallest absolute Gasteiger partial charge is 0.295 e. The van der Waals surface area contributed by atoms with Crippen LogP contribution in [0, 0.1) is 18.3 Å². The van der Waals surface area contributed by atoms with Crippen LogP contribution in [0.4, 0.5) is 33.0 Å². The van der Waals surface area contributed by atoms with Gasteiger partial charge in [-0.05, 0) is 83.2 Å². The van der Waals surface area contributed by atoms with E-state index in [2.05, 4.69) is 31.8 Å². The van der Waals surface area contributed by atoms with E-state index in [1.807, 2.05) is 42.5 Å². The first-order valence-electron chi connectivity index (χ1n) is 18.6. The Morgan fingerprint density at radius 2 is 1.31 bits per heavy atom. The van der Waals surface area contributed by atoms with Crippen molar-refractivity contribution in [3.05, 3.63) is 150 Å². The standard InChI is InChI=1S/C43H30N8O9S4/c1-25-36(24-44)37(20-26-10-16-33(17-11-26)62(52,53)54)46-41(45-31-14-18-34(19-15-31)63(55,56)57)39(25)49-51-43-47-40(30-13-12-27-6-2-3-7-28(27)21-30)42(61-43)50-48-32-22-29-8-4-5-9-35(29)38(23-32)64(58,59)60/h2-19,21-23H,20H2,1H3,(H,45,46)(H,52,53,54)(H,55,56,57)(H,58,59,60). The minimum atomic E-state index is -4.63. The number of benzene rings is 6. The highest BCUT2D eigenvalue weighted by molar-refractivity contribution is 7.86. The molecule has 0 radical (unpaired) electrons. The minimum Gasteiger partial charge on any atom is -0.338 e. The van der Waals surface area contributed by atoms with Gasteiger partial charge in [0.1, 0.15) is 22.3 Å². The molecule has 17 nitrogen and oxygen atoms in total. The number of fused-ring (bicyclic) bond motifs is 2. The van der Waals surface area contributed by atoms with Gasteiger partial charge in [0.25, 0.3) is 30.4 Å². The van der Waals surface area contributed by atoms with E-state index in [0.717, 1.165) is 22.1 Å². The van der Waals surface area contributed by atoms with E-state index >= 15 is 0 Å². The van der Waals surface area contributed by atoms with Gasteiger partial charge in [-0.1, -0.05) is 84.1 Å². The van der Waals surface area contributed by atoms with Crippen LogP contribution in [0.2, 0.25) is 0 Å². The summed E-state index contributed by atoms with van der Waals surface area (Å²) in [6.45, 7) is 1.62. The van der Waals surface area contributed by atoms with Gasteiger partial charge in [0.15, 0.2) is 10.8 Å². The van der Waals surface area contributed by atoms with Crippen molar-refractivity contribution in [3.8, 4) is 17.3 Å². The van der Waals surface area contributed by atoms with Crippen LogP contribution in [0.25, 0.3) is 32.8 Å². The first-order chi connectivity index (χ1) is 30.4. The van der Waals surface area contributed by atoms with E-state index < -0.39 is 30.4 Å². The summed E-state index contributed by atoms with van der Waals surface area (Å²) in [5.74, 6) is 0.0848. The van der Waals surface area contributed by atoms with Crippen LogP contribution >= 0.6 is 11.3 Å². The van der Waals surface area contributed by atoms with Crippen molar-refractivity contribution in [2.45, 2.75) is 28.0 Å². The van der Waals surface area contributed by atoms with Gasteiger partial charge in [-0.3, -0.25) is 13.7 Å². The summed E-state index contributed by atoms with van der Waals surface area (Å²) in [6.07, 6.45) is 0.0438. The lowest BCUT2D eigenvalue weighted by Gasteiger charge is -2.15. The van der Waals surface area contributed by atoms with E-state index in [1.54, 1.807) is 37.3 Å². The number of pyridine rings is 1. The molecule has 2 aromatic heterocycles. The van der Waals surface area contributed by atoms with E-state index in [-0.39, 0.29) is 59.7 Å². The first-order valence-corrected chi connectivity index (χ1v) is 23.8. The molecule has 0 bridgehead atoms. The monoisotopic (exact) mass is 930 g/mol. The molecule has 0 aliphatic heterocycles. The number of hydrogen-bond acceptors (Lipinski definition) is 15. The zero-order valence-electron chi connectivity index (χ0n) is 32.9. The van der Waals surface area contributed by atoms with Crippen molar-refractivity contribution in [1.29, 1.82) is 5.26 Å². The van der Waals surface area contributed by atoms with Gasteiger partial charge in [-0.15, -0.1) is 20.5 Å². The van der Waals surface area contributed by atoms with Crippen molar-refractivity contribution in [2.75, 3.05) is 5.32 Å². The number of nitrogens with one attached hydrogen (secondary N) is 1. The van der Waals surface area contributed by atoms with Gasteiger partial charge in [0, 0.05) is 28.6 Å². The second-order valence-corrected chi connectivity index (χ2v) is 19.2. The maximum Gasteiger partial charge on any atom is 0.295 e. The number of hydrogen-bond donors (Lipinski definition) is 4. The van der Waals surface area contributed by atoms with Crippen molar-refractivity contribution in [1.82, 2.24) is 9.97 Å². The van der Waals surface area contributed by atoms with Crippen molar-refractivity contribution in [3.63, 3.8) is 0 Å². The SMILES string of the molecule is Cc1c(C#N)c(Cc2ccc(S(=O)(=O)O)cc2)nc(Nc2ccc(S(=O)(=O)O)cc2)c1N=Nc1nc(-c2ccc3ccccc3c2)c(N=Nc2cc(S(=O)(=O)O)c3ccccc3c2)s1. The topological polar surface area (TPSA) is 274 Å². The Hall–Kier alpha value is -7.16. The maximum absolute atomic E-state index is 12.4. The fourth-order valence-electron chi connectivity index (χ4n) is 6.73. The number of azo groups is 2. The van der Waals surface area contributed by atoms with Gasteiger partial charge < -0.3 is 5.32 Å². The number of rotatable bonds is 12. The van der Waals surface area contributed by atoms with Crippen LogP contribution in [0.5, 0.6) is 0 Å². The van der Waals surface area contributed by atoms with Gasteiger partial charge in [-0.25, -0.2) is 9.97 Å². The lowest BCUT2D eigenvalue weighted by atomic mass is 10.0. The maximum atomic E-state index is 12.4. The van der Waals surface area contributed by atoms with Crippen molar-refractivity contribution in [2.24, 2.45) is 20.5 Å². The molecule has 0 spiro atoms. The van der Waals surface area contributed by atoms with Crippen LogP contribution in [0.15, 0.2) is 163 Å². The summed E-state index contributed by atoms with van der Waals surface area (Å²) >= 11 is 1.00. The molecule has 320 valence electrons. The molecule has 4 N–H and O–H groups in total. The van der Waals surface area contributed by atoms with Crippen molar-refractivity contribution >= 4 is 96.2 Å². The quantitative estimate of drug-likeness (QED) is 0.0656. The molecule has 0 saturated heterocycles. The third-order valence-electron chi connectivity index (χ3n) is 9.81. The Morgan fingerprint density at radius 3 is 1.97 bits per heavy atom. The van der Waals surface area contributed by atoms with Crippen LogP contribution in [-0.2, 0) is 36.8 Å². The van der Waals surface area contributed by atoms with Crippen molar-refractivity contribution < 1.29 is 38.9 Å². The summed E-state index contributed by atoms with van der Waals surface area (Å²) in [5, 5.41) is 34.3. The molecule has 64 heavy (non-hydrogen) atoms. The second kappa shape index (κ2) is 17.2. The summed E-state index contributed by atoms with van der Waals surface area (Å²) in [7, 11) is -13.6. The molecule has 0 saturated carbocycles. The third kappa shape index (κ3) is 9.43. The molecule has 8 aromatic rings. The minimum absolute atomic E-state index is 0.0438. The highest BCUT2D eigenvalue weighted by Gasteiger charge is 2.21. The zero-order chi connectivity index (χ0) is 45.4. The molecule has 2 heterocycles. The molecule has 0 atom stereocenters. The predicted molar refractivity (Wildman–Crippen MR) is 239 cm³/mol. The Kier molecular flexibility index (Phi) is 11.7. The summed E-state index contributed by atoms with van der Waals surface area (Å²) < 4.78 is 100.